The van der Waals surface area contributed by atoms with Gasteiger partial charge in [-0.3, -0.25) is 0 Å². The summed E-state index contributed by atoms with van der Waals surface area (Å²) in [6, 6.07) is 0. The minimum absolute atomic E-state index is 0.0767. The summed E-state index contributed by atoms with van der Waals surface area (Å²) in [6.07, 6.45) is 0. The average Bonchev–Trinajstić information content (AvgIpc) is 2.20. The second-order valence-electron chi connectivity index (χ2n) is 2.74. The van der Waals surface area contributed by atoms with Crippen LogP contribution in [0.25, 0.3) is 0 Å². The summed E-state index contributed by atoms with van der Waals surface area (Å²) in [4.78, 5) is 0.278. The molecule has 0 radical (unpaired) electrons. The lowest BCUT2D eigenvalue weighted by Crippen LogP contribution is -1.94. The maximum Gasteiger partial charge on any atom is 0.208 e. The molecule has 0 bridgehead atoms. The summed E-state index contributed by atoms with van der Waals surface area (Å²) in [5, 5.41) is 19.3. The molecule has 0 saturated carbocycles. The van der Waals surface area contributed by atoms with Gasteiger partial charge in [-0.1, -0.05) is 0 Å². The molecule has 0 aliphatic rings. The van der Waals surface area contributed by atoms with E-state index in [-0.39, 0.29) is 27.9 Å². The third-order valence-electron chi connectivity index (χ3n) is 1.98. The largest absolute Gasteiger partial charge is 0.504 e. The first-order chi connectivity index (χ1) is 6.54. The summed E-state index contributed by atoms with van der Waals surface area (Å²) < 4.78 is 9.81. The Morgan fingerprint density at radius 2 is 1.43 bits per heavy atom. The minimum Gasteiger partial charge on any atom is -0.504 e. The zero-order chi connectivity index (χ0) is 10.9. The topological polar surface area (TPSA) is 58.9 Å². The fourth-order valence-electron chi connectivity index (χ4n) is 1.16. The highest BCUT2D eigenvalue weighted by Crippen LogP contribution is 2.49. The maximum absolute atomic E-state index is 9.65. The highest BCUT2D eigenvalue weighted by Gasteiger charge is 2.21. The molecule has 0 heterocycles. The van der Waals surface area contributed by atoms with Gasteiger partial charge in [-0.05, 0) is 6.92 Å². The quantitative estimate of drug-likeness (QED) is 0.520. The number of rotatable bonds is 2. The molecule has 0 spiro atoms. The van der Waals surface area contributed by atoms with E-state index in [0.29, 0.717) is 5.56 Å². The molecule has 1 aromatic rings. The number of thiol groups is 1. The van der Waals surface area contributed by atoms with Gasteiger partial charge in [-0.2, -0.15) is 0 Å². The Hall–Kier alpha value is -1.23. The molecular weight excluding hydrogens is 204 g/mol. The standard InChI is InChI=1S/C9H12O4S/c1-4-5(10)7(12-2)8(13-3)6(11)9(4)14/h10-11,14H,1-3H3. The van der Waals surface area contributed by atoms with E-state index in [1.807, 2.05) is 0 Å². The summed E-state index contributed by atoms with van der Waals surface area (Å²) in [6.45, 7) is 1.62. The van der Waals surface area contributed by atoms with Crippen molar-refractivity contribution in [2.45, 2.75) is 11.8 Å². The summed E-state index contributed by atoms with van der Waals surface area (Å²) in [5.41, 5.74) is 0.448. The summed E-state index contributed by atoms with van der Waals surface area (Å²) in [5.74, 6) is -0.0176. The number of phenolic OH excluding ortho intramolecular Hbond substituents is 2. The zero-order valence-corrected chi connectivity index (χ0v) is 9.05. The molecule has 1 aromatic carbocycles. The van der Waals surface area contributed by atoms with Crippen molar-refractivity contribution in [2.75, 3.05) is 14.2 Å². The third-order valence-corrected chi connectivity index (χ3v) is 2.53. The highest BCUT2D eigenvalue weighted by atomic mass is 32.1. The molecule has 0 unspecified atom stereocenters. The van der Waals surface area contributed by atoms with Gasteiger partial charge in [0.2, 0.25) is 11.5 Å². The van der Waals surface area contributed by atoms with E-state index in [1.54, 1.807) is 6.92 Å². The number of hydrogen-bond acceptors (Lipinski definition) is 5. The first-order valence-electron chi connectivity index (χ1n) is 3.90. The van der Waals surface area contributed by atoms with E-state index in [1.165, 1.54) is 14.2 Å². The van der Waals surface area contributed by atoms with Crippen molar-refractivity contribution in [1.82, 2.24) is 0 Å². The van der Waals surface area contributed by atoms with Gasteiger partial charge in [0, 0.05) is 5.56 Å². The number of phenols is 2. The van der Waals surface area contributed by atoms with Gasteiger partial charge in [-0.15, -0.1) is 12.6 Å². The Balaban J connectivity index is 3.57. The van der Waals surface area contributed by atoms with Gasteiger partial charge in [-0.25, -0.2) is 0 Å². The Morgan fingerprint density at radius 1 is 1.00 bits per heavy atom. The van der Waals surface area contributed by atoms with E-state index in [0.717, 1.165) is 0 Å². The zero-order valence-electron chi connectivity index (χ0n) is 8.16. The van der Waals surface area contributed by atoms with Crippen LogP contribution in [-0.4, -0.2) is 24.4 Å². The Bertz CT molecular complexity index is 328. The first-order valence-corrected chi connectivity index (χ1v) is 4.34. The normalized spacial score (nSPS) is 10.0. The average molecular weight is 216 g/mol. The smallest absolute Gasteiger partial charge is 0.208 e. The van der Waals surface area contributed by atoms with Crippen LogP contribution in [0.5, 0.6) is 23.0 Å². The van der Waals surface area contributed by atoms with Gasteiger partial charge in [0.1, 0.15) is 0 Å². The number of ether oxygens (including phenoxy) is 2. The molecule has 4 nitrogen and oxygen atoms in total. The van der Waals surface area contributed by atoms with E-state index < -0.39 is 0 Å². The second-order valence-corrected chi connectivity index (χ2v) is 3.18. The molecule has 78 valence electrons. The second kappa shape index (κ2) is 3.88. The molecule has 0 aliphatic carbocycles. The molecule has 0 aliphatic heterocycles. The summed E-state index contributed by atoms with van der Waals surface area (Å²) in [7, 11) is 2.76. The monoisotopic (exact) mass is 216 g/mol. The number of benzene rings is 1. The number of hydrogen-bond donors (Lipinski definition) is 3. The van der Waals surface area contributed by atoms with E-state index >= 15 is 0 Å². The molecule has 2 N–H and O–H groups in total. The Morgan fingerprint density at radius 3 is 1.86 bits per heavy atom. The van der Waals surface area contributed by atoms with Gasteiger partial charge in [0.15, 0.2) is 11.5 Å². The van der Waals surface area contributed by atoms with Crippen LogP contribution in [0.15, 0.2) is 4.90 Å². The Labute approximate surface area is 87.5 Å². The van der Waals surface area contributed by atoms with Crippen LogP contribution in [0.4, 0.5) is 0 Å². The predicted molar refractivity (Wildman–Crippen MR) is 54.9 cm³/mol. The SMILES string of the molecule is COc1c(O)c(C)c(S)c(O)c1OC. The Kier molecular flexibility index (Phi) is 3.00. The van der Waals surface area contributed by atoms with Crippen molar-refractivity contribution >= 4 is 12.6 Å². The van der Waals surface area contributed by atoms with Gasteiger partial charge in [0.25, 0.3) is 0 Å². The number of aromatic hydroxyl groups is 2. The van der Waals surface area contributed by atoms with Gasteiger partial charge in [0.05, 0.1) is 19.1 Å². The van der Waals surface area contributed by atoms with Crippen molar-refractivity contribution in [3.05, 3.63) is 5.56 Å². The highest BCUT2D eigenvalue weighted by molar-refractivity contribution is 7.80. The van der Waals surface area contributed by atoms with Crippen LogP contribution < -0.4 is 9.47 Å². The van der Waals surface area contributed by atoms with Crippen LogP contribution in [0.1, 0.15) is 5.56 Å². The van der Waals surface area contributed by atoms with Gasteiger partial charge >= 0.3 is 0 Å². The van der Waals surface area contributed by atoms with Crippen molar-refractivity contribution in [1.29, 1.82) is 0 Å². The van der Waals surface area contributed by atoms with Crippen LogP contribution in [0.3, 0.4) is 0 Å². The minimum atomic E-state index is -0.136. The van der Waals surface area contributed by atoms with E-state index in [4.69, 9.17) is 9.47 Å². The summed E-state index contributed by atoms with van der Waals surface area (Å²) >= 11 is 4.05. The van der Waals surface area contributed by atoms with Gasteiger partial charge < -0.3 is 19.7 Å². The van der Waals surface area contributed by atoms with E-state index in [2.05, 4.69) is 12.6 Å². The van der Waals surface area contributed by atoms with Crippen LogP contribution in [-0.2, 0) is 0 Å². The molecule has 14 heavy (non-hydrogen) atoms. The molecule has 0 fully saturated rings. The lowest BCUT2D eigenvalue weighted by atomic mass is 10.1. The molecule has 0 amide bonds. The van der Waals surface area contributed by atoms with Crippen molar-refractivity contribution in [2.24, 2.45) is 0 Å². The first kappa shape index (κ1) is 10.8. The fraction of sp³-hybridized carbons (Fsp3) is 0.333. The van der Waals surface area contributed by atoms with Crippen LogP contribution >= 0.6 is 12.6 Å². The lowest BCUT2D eigenvalue weighted by molar-refractivity contribution is 0.311. The molecular formula is C9H12O4S. The van der Waals surface area contributed by atoms with E-state index in [9.17, 15) is 10.2 Å². The van der Waals surface area contributed by atoms with Crippen molar-refractivity contribution < 1.29 is 19.7 Å². The molecule has 0 saturated heterocycles. The number of methoxy groups -OCH3 is 2. The predicted octanol–water partition coefficient (Wildman–Crippen LogP) is 1.71. The third kappa shape index (κ3) is 1.43. The van der Waals surface area contributed by atoms with Crippen molar-refractivity contribution in [3.8, 4) is 23.0 Å². The molecule has 0 aromatic heterocycles. The molecule has 1 rings (SSSR count). The fourth-order valence-corrected chi connectivity index (χ4v) is 1.37. The molecule has 5 heteroatoms. The maximum atomic E-state index is 9.65. The van der Waals surface area contributed by atoms with Crippen LogP contribution in [0.2, 0.25) is 0 Å². The lowest BCUT2D eigenvalue weighted by Gasteiger charge is -2.14. The van der Waals surface area contributed by atoms with Crippen LogP contribution in [0, 0.1) is 6.92 Å². The molecule has 0 atom stereocenters. The van der Waals surface area contributed by atoms with Crippen molar-refractivity contribution in [3.63, 3.8) is 0 Å².